The molecule has 0 atom stereocenters. The number of rotatable bonds is 8. The number of nitrogens with one attached hydrogen (secondary N) is 1. The first-order chi connectivity index (χ1) is 8.26. The monoisotopic (exact) mass is 242 g/mol. The van der Waals surface area contributed by atoms with Crippen LogP contribution >= 0.6 is 0 Å². The Bertz CT molecular complexity index is 335. The van der Waals surface area contributed by atoms with Gasteiger partial charge in [-0.3, -0.25) is 5.43 Å². The van der Waals surface area contributed by atoms with Gasteiger partial charge in [-0.1, -0.05) is 0 Å². The average molecular weight is 242 g/mol. The van der Waals surface area contributed by atoms with Crippen molar-refractivity contribution < 1.29 is 14.2 Å². The van der Waals surface area contributed by atoms with E-state index in [-0.39, 0.29) is 6.79 Å². The number of methoxy groups -OCH3 is 1. The van der Waals surface area contributed by atoms with Crippen LogP contribution in [-0.4, -0.2) is 37.1 Å². The van der Waals surface area contributed by atoms with Crippen LogP contribution in [0.2, 0.25) is 0 Å². The topological polar surface area (TPSA) is 91.5 Å². The molecule has 0 aliphatic carbocycles. The Balaban J connectivity index is 2.28. The van der Waals surface area contributed by atoms with E-state index in [9.17, 15) is 0 Å². The molecule has 1 aromatic heterocycles. The van der Waals surface area contributed by atoms with Crippen LogP contribution in [0.25, 0.3) is 0 Å². The van der Waals surface area contributed by atoms with Gasteiger partial charge < -0.3 is 14.2 Å². The second-order valence-electron chi connectivity index (χ2n) is 3.34. The summed E-state index contributed by atoms with van der Waals surface area (Å²) >= 11 is 0. The normalized spacial score (nSPS) is 10.5. The van der Waals surface area contributed by atoms with Crippen LogP contribution in [0, 0.1) is 6.92 Å². The molecule has 0 amide bonds. The lowest BCUT2D eigenvalue weighted by Crippen LogP contribution is -2.13. The maximum Gasteiger partial charge on any atom is 0.237 e. The molecule has 0 bridgehead atoms. The lowest BCUT2D eigenvalue weighted by atomic mass is 10.3. The fourth-order valence-corrected chi connectivity index (χ4v) is 1.18. The molecule has 1 aromatic rings. The summed E-state index contributed by atoms with van der Waals surface area (Å²) in [5.41, 5.74) is 3.98. The summed E-state index contributed by atoms with van der Waals surface area (Å²) in [6.45, 7) is 3.48. The number of nitrogen functional groups attached to an aromatic ring is 1. The molecule has 0 saturated heterocycles. The SMILES string of the molecule is COCCOCOCc1cc(C)nc(NN)n1. The Hall–Kier alpha value is -1.28. The largest absolute Gasteiger partial charge is 0.382 e. The maximum absolute atomic E-state index is 5.28. The van der Waals surface area contributed by atoms with Crippen LogP contribution in [0.3, 0.4) is 0 Å². The Kier molecular flexibility index (Phi) is 6.41. The van der Waals surface area contributed by atoms with Gasteiger partial charge in [0.05, 0.1) is 25.5 Å². The summed E-state index contributed by atoms with van der Waals surface area (Å²) in [5.74, 6) is 5.62. The predicted molar refractivity (Wildman–Crippen MR) is 62.1 cm³/mol. The van der Waals surface area contributed by atoms with Crippen molar-refractivity contribution in [2.24, 2.45) is 5.84 Å². The highest BCUT2D eigenvalue weighted by Crippen LogP contribution is 2.04. The maximum atomic E-state index is 5.28. The van der Waals surface area contributed by atoms with Crippen LogP contribution in [-0.2, 0) is 20.8 Å². The van der Waals surface area contributed by atoms with Crippen molar-refractivity contribution in [2.45, 2.75) is 13.5 Å². The molecule has 0 fully saturated rings. The van der Waals surface area contributed by atoms with Crippen molar-refractivity contribution in [3.63, 3.8) is 0 Å². The van der Waals surface area contributed by atoms with Gasteiger partial charge in [0, 0.05) is 12.8 Å². The first-order valence-corrected chi connectivity index (χ1v) is 5.22. The molecule has 3 N–H and O–H groups in total. The molecule has 0 unspecified atom stereocenters. The summed E-state index contributed by atoms with van der Waals surface area (Å²) in [5, 5.41) is 0. The van der Waals surface area contributed by atoms with E-state index >= 15 is 0 Å². The molecule has 7 heteroatoms. The Morgan fingerprint density at radius 2 is 2.12 bits per heavy atom. The molecule has 0 aromatic carbocycles. The Morgan fingerprint density at radius 3 is 2.82 bits per heavy atom. The predicted octanol–water partition coefficient (Wildman–Crippen LogP) is 0.208. The second-order valence-corrected chi connectivity index (χ2v) is 3.34. The third kappa shape index (κ3) is 5.55. The zero-order valence-electron chi connectivity index (χ0n) is 10.1. The van der Waals surface area contributed by atoms with Gasteiger partial charge >= 0.3 is 0 Å². The van der Waals surface area contributed by atoms with Crippen molar-refractivity contribution in [1.29, 1.82) is 0 Å². The minimum absolute atomic E-state index is 0.206. The van der Waals surface area contributed by atoms with Gasteiger partial charge in [0.15, 0.2) is 0 Å². The fraction of sp³-hybridized carbons (Fsp3) is 0.600. The molecule has 1 heterocycles. The summed E-state index contributed by atoms with van der Waals surface area (Å²) in [7, 11) is 1.62. The Morgan fingerprint density at radius 1 is 1.29 bits per heavy atom. The van der Waals surface area contributed by atoms with Gasteiger partial charge in [-0.25, -0.2) is 15.8 Å². The third-order valence-corrected chi connectivity index (χ3v) is 1.88. The van der Waals surface area contributed by atoms with Crippen molar-refractivity contribution in [2.75, 3.05) is 32.5 Å². The average Bonchev–Trinajstić information content (AvgIpc) is 2.33. The van der Waals surface area contributed by atoms with E-state index in [2.05, 4.69) is 15.4 Å². The summed E-state index contributed by atoms with van der Waals surface area (Å²) in [6, 6.07) is 1.83. The third-order valence-electron chi connectivity index (χ3n) is 1.88. The molecule has 1 rings (SSSR count). The van der Waals surface area contributed by atoms with Crippen LogP contribution < -0.4 is 11.3 Å². The molecule has 0 saturated carbocycles. The number of hydrogen-bond donors (Lipinski definition) is 2. The smallest absolute Gasteiger partial charge is 0.237 e. The minimum atomic E-state index is 0.206. The molecule has 0 radical (unpaired) electrons. The molecular formula is C10H18N4O3. The minimum Gasteiger partial charge on any atom is -0.382 e. The summed E-state index contributed by atoms with van der Waals surface area (Å²) < 4.78 is 15.3. The van der Waals surface area contributed by atoms with Crippen LogP contribution in [0.15, 0.2) is 6.07 Å². The first-order valence-electron chi connectivity index (χ1n) is 5.22. The van der Waals surface area contributed by atoms with Crippen LogP contribution in [0.1, 0.15) is 11.4 Å². The molecule has 17 heavy (non-hydrogen) atoms. The molecule has 0 aliphatic heterocycles. The van der Waals surface area contributed by atoms with Gasteiger partial charge in [-0.15, -0.1) is 0 Å². The van der Waals surface area contributed by atoms with E-state index < -0.39 is 0 Å². The van der Waals surface area contributed by atoms with Gasteiger partial charge in [0.25, 0.3) is 0 Å². The van der Waals surface area contributed by atoms with Crippen molar-refractivity contribution >= 4 is 5.95 Å². The molecular weight excluding hydrogens is 224 g/mol. The highest BCUT2D eigenvalue weighted by atomic mass is 16.7. The number of hydrogen-bond acceptors (Lipinski definition) is 7. The lowest BCUT2D eigenvalue weighted by Gasteiger charge is -2.07. The molecule has 7 nitrogen and oxygen atoms in total. The van der Waals surface area contributed by atoms with Crippen LogP contribution in [0.4, 0.5) is 5.95 Å². The zero-order valence-corrected chi connectivity index (χ0v) is 10.1. The van der Waals surface area contributed by atoms with Gasteiger partial charge in [0.1, 0.15) is 6.79 Å². The van der Waals surface area contributed by atoms with E-state index in [1.807, 2.05) is 13.0 Å². The number of anilines is 1. The van der Waals surface area contributed by atoms with E-state index in [4.69, 9.17) is 20.1 Å². The second kappa shape index (κ2) is 7.91. The quantitative estimate of drug-likeness (QED) is 0.291. The summed E-state index contributed by atoms with van der Waals surface area (Å²) in [6.07, 6.45) is 0. The number of hydrazine groups is 1. The number of aromatic nitrogens is 2. The van der Waals surface area contributed by atoms with E-state index in [1.165, 1.54) is 0 Å². The fourth-order valence-electron chi connectivity index (χ4n) is 1.18. The van der Waals surface area contributed by atoms with E-state index in [1.54, 1.807) is 7.11 Å². The molecule has 0 aliphatic rings. The van der Waals surface area contributed by atoms with Crippen LogP contribution in [0.5, 0.6) is 0 Å². The van der Waals surface area contributed by atoms with Crippen molar-refractivity contribution in [1.82, 2.24) is 9.97 Å². The van der Waals surface area contributed by atoms with Gasteiger partial charge in [-0.05, 0) is 13.0 Å². The number of aryl methyl sites for hydroxylation is 1. The Labute approximate surface area is 100 Å². The van der Waals surface area contributed by atoms with Crippen molar-refractivity contribution in [3.8, 4) is 0 Å². The lowest BCUT2D eigenvalue weighted by molar-refractivity contribution is -0.0732. The first kappa shape index (κ1) is 13.8. The molecule has 0 spiro atoms. The zero-order chi connectivity index (χ0) is 12.5. The number of ether oxygens (including phenoxy) is 3. The molecule has 96 valence electrons. The highest BCUT2D eigenvalue weighted by molar-refractivity contribution is 5.25. The number of nitrogens with zero attached hydrogens (tertiary/aromatic N) is 2. The standard InChI is InChI=1S/C10H18N4O3/c1-8-5-9(13-10(12-8)14-11)6-17-7-16-4-3-15-2/h5H,3-4,6-7,11H2,1-2H3,(H,12,13,14). The van der Waals surface area contributed by atoms with E-state index in [0.29, 0.717) is 25.8 Å². The van der Waals surface area contributed by atoms with Gasteiger partial charge in [-0.2, -0.15) is 0 Å². The van der Waals surface area contributed by atoms with Crippen molar-refractivity contribution in [3.05, 3.63) is 17.5 Å². The number of nitrogens with two attached hydrogens (primary N) is 1. The summed E-state index contributed by atoms with van der Waals surface area (Å²) in [4.78, 5) is 8.20. The van der Waals surface area contributed by atoms with E-state index in [0.717, 1.165) is 11.4 Å². The highest BCUT2D eigenvalue weighted by Gasteiger charge is 2.01. The van der Waals surface area contributed by atoms with Gasteiger partial charge in [0.2, 0.25) is 5.95 Å².